The monoisotopic (exact) mass is 704 g/mol. The average molecular weight is 705 g/mol. The number of carbonyl (C=O) groups is 2. The lowest BCUT2D eigenvalue weighted by atomic mass is 9.97. The molecule has 272 valence electrons. The zero-order valence-corrected chi connectivity index (χ0v) is 30.8. The first-order valence-corrected chi connectivity index (χ1v) is 18.2. The number of carbonyl (C=O) groups excluding carboxylic acids is 2. The van der Waals surface area contributed by atoms with Gasteiger partial charge in [-0.25, -0.2) is 4.79 Å². The molecule has 0 spiro atoms. The second-order valence-electron chi connectivity index (χ2n) is 15.0. The summed E-state index contributed by atoms with van der Waals surface area (Å²) in [7, 11) is 4.15. The SMILES string of the molecule is CN1CCC[C@H]1COc1nc(N2CCN(C(=O)OCc3ccccc3)CC2)c2c(n1)c(Cc1cc(OC(=O)C(C)(C)C)cc3ccccc13)cn2C. The van der Waals surface area contributed by atoms with Gasteiger partial charge >= 0.3 is 18.1 Å². The first-order valence-electron chi connectivity index (χ1n) is 18.2. The third-order valence-corrected chi connectivity index (χ3v) is 10.1. The molecule has 2 saturated heterocycles. The quantitative estimate of drug-likeness (QED) is 0.124. The van der Waals surface area contributed by atoms with Crippen LogP contribution >= 0.6 is 0 Å². The van der Waals surface area contributed by atoms with Crippen LogP contribution in [0.1, 0.15) is 50.3 Å². The predicted octanol–water partition coefficient (Wildman–Crippen LogP) is 6.60. The maximum Gasteiger partial charge on any atom is 0.410 e. The van der Waals surface area contributed by atoms with Gasteiger partial charge in [-0.15, -0.1) is 0 Å². The van der Waals surface area contributed by atoms with E-state index in [-0.39, 0.29) is 18.7 Å². The molecule has 4 heterocycles. The molecule has 0 aliphatic carbocycles. The number of fused-ring (bicyclic) bond motifs is 2. The highest BCUT2D eigenvalue weighted by Crippen LogP contribution is 2.34. The zero-order valence-electron chi connectivity index (χ0n) is 30.8. The zero-order chi connectivity index (χ0) is 36.4. The lowest BCUT2D eigenvalue weighted by Crippen LogP contribution is -2.49. The van der Waals surface area contributed by atoms with Crippen molar-refractivity contribution < 1.29 is 23.8 Å². The van der Waals surface area contributed by atoms with E-state index in [0.29, 0.717) is 57.0 Å². The van der Waals surface area contributed by atoms with E-state index in [2.05, 4.69) is 33.7 Å². The number of aryl methyl sites for hydroxylation is 1. The van der Waals surface area contributed by atoms with Crippen LogP contribution in [-0.2, 0) is 29.6 Å². The van der Waals surface area contributed by atoms with Crippen LogP contribution in [0.25, 0.3) is 21.8 Å². The maximum atomic E-state index is 13.0. The highest BCUT2D eigenvalue weighted by Gasteiger charge is 2.29. The fourth-order valence-corrected chi connectivity index (χ4v) is 7.05. The number of hydrogen-bond donors (Lipinski definition) is 0. The molecular formula is C41H48N6O5. The number of rotatable bonds is 9. The molecule has 2 aromatic heterocycles. The highest BCUT2D eigenvalue weighted by molar-refractivity contribution is 5.92. The van der Waals surface area contributed by atoms with Crippen LogP contribution in [-0.4, -0.2) is 88.8 Å². The Labute approximate surface area is 305 Å². The van der Waals surface area contributed by atoms with E-state index in [0.717, 1.165) is 63.7 Å². The number of likely N-dealkylation sites (N-methyl/N-ethyl adjacent to an activating group) is 1. The molecule has 2 fully saturated rings. The number of nitrogens with zero attached hydrogens (tertiary/aromatic N) is 6. The van der Waals surface area contributed by atoms with Gasteiger partial charge in [0, 0.05) is 57.4 Å². The number of esters is 1. The first kappa shape index (κ1) is 35.3. The number of hydrogen-bond acceptors (Lipinski definition) is 9. The number of piperazine rings is 1. The maximum absolute atomic E-state index is 13.0. The molecule has 7 rings (SSSR count). The third kappa shape index (κ3) is 7.69. The molecule has 5 aromatic rings. The molecule has 0 unspecified atom stereocenters. The van der Waals surface area contributed by atoms with Gasteiger partial charge in [0.25, 0.3) is 0 Å². The van der Waals surface area contributed by atoms with Crippen LogP contribution in [0, 0.1) is 5.41 Å². The van der Waals surface area contributed by atoms with Crippen molar-refractivity contribution in [2.24, 2.45) is 12.5 Å². The summed E-state index contributed by atoms with van der Waals surface area (Å²) < 4.78 is 20.0. The van der Waals surface area contributed by atoms with E-state index in [9.17, 15) is 9.59 Å². The van der Waals surface area contributed by atoms with Crippen molar-refractivity contribution >= 4 is 39.7 Å². The van der Waals surface area contributed by atoms with Gasteiger partial charge in [0.15, 0.2) is 5.82 Å². The number of benzene rings is 3. The molecule has 3 aromatic carbocycles. The summed E-state index contributed by atoms with van der Waals surface area (Å²) in [6.07, 6.45) is 4.57. The van der Waals surface area contributed by atoms with Gasteiger partial charge in [-0.2, -0.15) is 9.97 Å². The van der Waals surface area contributed by atoms with E-state index in [1.807, 2.05) is 88.5 Å². The number of aromatic nitrogens is 3. The van der Waals surface area contributed by atoms with Gasteiger partial charge in [0.1, 0.15) is 30.0 Å². The number of likely N-dealkylation sites (tertiary alicyclic amines) is 1. The van der Waals surface area contributed by atoms with E-state index < -0.39 is 5.41 Å². The largest absolute Gasteiger partial charge is 0.462 e. The van der Waals surface area contributed by atoms with Gasteiger partial charge in [0.05, 0.1) is 5.41 Å². The summed E-state index contributed by atoms with van der Waals surface area (Å²) in [5.41, 5.74) is 4.08. The minimum absolute atomic E-state index is 0.243. The standard InChI is InChI=1S/C41H48N6O5/c1-41(2,3)38(48)52-33-23-29-14-9-10-16-34(29)30(24-33)22-31-25-45(5)36-35(31)42-39(50-27-32-15-11-17-44(32)4)43-37(36)46-18-20-47(21-19-46)40(49)51-26-28-12-7-6-8-13-28/h6-10,12-14,16,23-25,32H,11,15,17-22,26-27H2,1-5H3/t32-/m0/s1. The van der Waals surface area contributed by atoms with Crippen molar-refractivity contribution in [1.29, 1.82) is 0 Å². The lowest BCUT2D eigenvalue weighted by Gasteiger charge is -2.35. The fraction of sp³-hybridized carbons (Fsp3) is 0.415. The van der Waals surface area contributed by atoms with E-state index >= 15 is 0 Å². The summed E-state index contributed by atoms with van der Waals surface area (Å²) >= 11 is 0. The smallest absolute Gasteiger partial charge is 0.410 e. The second kappa shape index (κ2) is 14.8. The Morgan fingerprint density at radius 2 is 1.63 bits per heavy atom. The van der Waals surface area contributed by atoms with Crippen molar-refractivity contribution in [2.45, 2.75) is 52.7 Å². The number of amides is 1. The molecule has 11 heteroatoms. The molecule has 0 saturated carbocycles. The second-order valence-corrected chi connectivity index (χ2v) is 15.0. The van der Waals surface area contributed by atoms with Crippen molar-refractivity contribution in [3.63, 3.8) is 0 Å². The summed E-state index contributed by atoms with van der Waals surface area (Å²) in [5.74, 6) is 1.02. The number of anilines is 1. The Morgan fingerprint density at radius 1 is 0.885 bits per heavy atom. The lowest BCUT2D eigenvalue weighted by molar-refractivity contribution is -0.142. The Hall–Kier alpha value is -5.16. The van der Waals surface area contributed by atoms with Gasteiger partial charge in [-0.3, -0.25) is 4.79 Å². The molecule has 52 heavy (non-hydrogen) atoms. The van der Waals surface area contributed by atoms with Crippen LogP contribution in [0.5, 0.6) is 11.8 Å². The topological polar surface area (TPSA) is 102 Å². The molecule has 0 bridgehead atoms. The molecule has 1 amide bonds. The van der Waals surface area contributed by atoms with Crippen molar-refractivity contribution in [1.82, 2.24) is 24.3 Å². The van der Waals surface area contributed by atoms with E-state index in [1.165, 1.54) is 0 Å². The minimum Gasteiger partial charge on any atom is -0.462 e. The molecular weight excluding hydrogens is 656 g/mol. The Bertz CT molecular complexity index is 2070. The molecule has 2 aliphatic heterocycles. The van der Waals surface area contributed by atoms with E-state index in [4.69, 9.17) is 24.2 Å². The molecule has 11 nitrogen and oxygen atoms in total. The van der Waals surface area contributed by atoms with Crippen molar-refractivity contribution in [3.8, 4) is 11.8 Å². The van der Waals surface area contributed by atoms with Gasteiger partial charge < -0.3 is 33.5 Å². The summed E-state index contributed by atoms with van der Waals surface area (Å²) in [6.45, 7) is 9.55. The molecule has 0 N–H and O–H groups in total. The van der Waals surface area contributed by atoms with Crippen LogP contribution in [0.2, 0.25) is 0 Å². The average Bonchev–Trinajstić information content (AvgIpc) is 3.70. The Balaban J connectivity index is 1.19. The first-order chi connectivity index (χ1) is 25.0. The van der Waals surface area contributed by atoms with Crippen molar-refractivity contribution in [2.75, 3.05) is 51.3 Å². The molecule has 2 aliphatic rings. The van der Waals surface area contributed by atoms with Crippen LogP contribution in [0.15, 0.2) is 72.9 Å². The van der Waals surface area contributed by atoms with Gasteiger partial charge in [-0.05, 0) is 81.2 Å². The Morgan fingerprint density at radius 3 is 2.37 bits per heavy atom. The summed E-state index contributed by atoms with van der Waals surface area (Å²) in [4.78, 5) is 42.2. The van der Waals surface area contributed by atoms with Crippen LogP contribution in [0.3, 0.4) is 0 Å². The normalized spacial score (nSPS) is 16.8. The minimum atomic E-state index is -0.633. The predicted molar refractivity (Wildman–Crippen MR) is 202 cm³/mol. The van der Waals surface area contributed by atoms with Crippen LogP contribution < -0.4 is 14.4 Å². The summed E-state index contributed by atoms with van der Waals surface area (Å²) in [6, 6.07) is 22.4. The highest BCUT2D eigenvalue weighted by atomic mass is 16.6. The van der Waals surface area contributed by atoms with E-state index in [1.54, 1.807) is 4.90 Å². The van der Waals surface area contributed by atoms with Gasteiger partial charge in [-0.1, -0.05) is 54.6 Å². The third-order valence-electron chi connectivity index (χ3n) is 10.1. The summed E-state index contributed by atoms with van der Waals surface area (Å²) in [5, 5.41) is 2.08. The molecule has 0 radical (unpaired) electrons. The fourth-order valence-electron chi connectivity index (χ4n) is 7.05. The number of ether oxygens (including phenoxy) is 3. The van der Waals surface area contributed by atoms with Crippen molar-refractivity contribution in [3.05, 3.63) is 89.6 Å². The van der Waals surface area contributed by atoms with Crippen LogP contribution in [0.4, 0.5) is 10.6 Å². The Kier molecular flexibility index (Phi) is 10.1. The molecule has 1 atom stereocenters. The van der Waals surface area contributed by atoms with Gasteiger partial charge in [0.2, 0.25) is 0 Å².